The van der Waals surface area contributed by atoms with Crippen molar-refractivity contribution in [1.82, 2.24) is 5.32 Å². The third-order valence-electron chi connectivity index (χ3n) is 2.69. The van der Waals surface area contributed by atoms with E-state index in [0.717, 1.165) is 23.9 Å². The molecule has 0 aromatic heterocycles. The van der Waals surface area contributed by atoms with E-state index in [2.05, 4.69) is 21.2 Å². The van der Waals surface area contributed by atoms with Crippen LogP contribution in [0.15, 0.2) is 22.7 Å². The molecule has 0 spiro atoms. The molecule has 1 atom stereocenters. The molecule has 0 unspecified atom stereocenters. The van der Waals surface area contributed by atoms with Crippen LogP contribution in [0.1, 0.15) is 23.2 Å². The van der Waals surface area contributed by atoms with Crippen molar-refractivity contribution in [1.29, 1.82) is 0 Å². The fourth-order valence-corrected chi connectivity index (χ4v) is 2.38. The van der Waals surface area contributed by atoms with E-state index in [0.29, 0.717) is 17.1 Å². The molecule has 0 aliphatic carbocycles. The topological polar surface area (TPSA) is 38.3 Å². The quantitative estimate of drug-likeness (QED) is 0.930. The Morgan fingerprint density at radius 2 is 2.41 bits per heavy atom. The van der Waals surface area contributed by atoms with Gasteiger partial charge in [-0.1, -0.05) is 11.6 Å². The molecule has 1 aromatic rings. The van der Waals surface area contributed by atoms with Crippen LogP contribution < -0.4 is 5.32 Å². The van der Waals surface area contributed by atoms with Crippen molar-refractivity contribution >= 4 is 33.4 Å². The van der Waals surface area contributed by atoms with Gasteiger partial charge in [-0.25, -0.2) is 0 Å². The number of ether oxygens (including phenoxy) is 1. The average molecular weight is 319 g/mol. The zero-order valence-electron chi connectivity index (χ0n) is 9.21. The van der Waals surface area contributed by atoms with Crippen LogP contribution in [0.25, 0.3) is 0 Å². The SMILES string of the molecule is O=C(NC[C@H]1CCCO1)c1cc(Cl)ccc1Br. The molecule has 1 fully saturated rings. The summed E-state index contributed by atoms with van der Waals surface area (Å²) in [5, 5.41) is 3.41. The minimum absolute atomic E-state index is 0.130. The van der Waals surface area contributed by atoms with E-state index in [1.807, 2.05) is 0 Å². The van der Waals surface area contributed by atoms with E-state index >= 15 is 0 Å². The summed E-state index contributed by atoms with van der Waals surface area (Å²) in [6.07, 6.45) is 2.23. The van der Waals surface area contributed by atoms with Crippen molar-refractivity contribution in [3.05, 3.63) is 33.3 Å². The molecule has 0 radical (unpaired) electrons. The lowest BCUT2D eigenvalue weighted by Crippen LogP contribution is -2.31. The first kappa shape index (κ1) is 12.9. The van der Waals surface area contributed by atoms with Crippen molar-refractivity contribution in [2.75, 3.05) is 13.2 Å². The van der Waals surface area contributed by atoms with Gasteiger partial charge in [-0.05, 0) is 47.0 Å². The number of amides is 1. The van der Waals surface area contributed by atoms with Gasteiger partial charge in [0, 0.05) is 22.6 Å². The van der Waals surface area contributed by atoms with Crippen LogP contribution >= 0.6 is 27.5 Å². The summed E-state index contributed by atoms with van der Waals surface area (Å²) in [4.78, 5) is 11.9. The Morgan fingerprint density at radius 3 is 3.12 bits per heavy atom. The van der Waals surface area contributed by atoms with Crippen LogP contribution in [0.4, 0.5) is 0 Å². The normalized spacial score (nSPS) is 19.3. The second-order valence-corrected chi connectivity index (χ2v) is 5.26. The van der Waals surface area contributed by atoms with Crippen LogP contribution in [-0.2, 0) is 4.74 Å². The van der Waals surface area contributed by atoms with Gasteiger partial charge in [0.1, 0.15) is 0 Å². The molecule has 1 aliphatic heterocycles. The van der Waals surface area contributed by atoms with E-state index in [1.54, 1.807) is 18.2 Å². The molecule has 5 heteroatoms. The van der Waals surface area contributed by atoms with Gasteiger partial charge in [-0.15, -0.1) is 0 Å². The molecular formula is C12H13BrClNO2. The molecule has 92 valence electrons. The number of halogens is 2. The van der Waals surface area contributed by atoms with Gasteiger partial charge < -0.3 is 10.1 Å². The number of rotatable bonds is 3. The zero-order valence-corrected chi connectivity index (χ0v) is 11.6. The molecule has 1 N–H and O–H groups in total. The van der Waals surface area contributed by atoms with Crippen LogP contribution in [-0.4, -0.2) is 25.2 Å². The molecular weight excluding hydrogens is 305 g/mol. The van der Waals surface area contributed by atoms with Crippen molar-refractivity contribution in [3.8, 4) is 0 Å². The van der Waals surface area contributed by atoms with Crippen LogP contribution in [0.5, 0.6) is 0 Å². The van der Waals surface area contributed by atoms with E-state index in [1.165, 1.54) is 0 Å². The van der Waals surface area contributed by atoms with Gasteiger partial charge in [0.2, 0.25) is 0 Å². The summed E-state index contributed by atoms with van der Waals surface area (Å²) in [6, 6.07) is 5.16. The maximum atomic E-state index is 11.9. The second-order valence-electron chi connectivity index (χ2n) is 3.97. The first-order valence-corrected chi connectivity index (χ1v) is 6.69. The minimum atomic E-state index is -0.130. The predicted molar refractivity (Wildman–Crippen MR) is 70.5 cm³/mol. The highest BCUT2D eigenvalue weighted by atomic mass is 79.9. The van der Waals surface area contributed by atoms with E-state index in [4.69, 9.17) is 16.3 Å². The Labute approximate surface area is 114 Å². The maximum absolute atomic E-state index is 11.9. The summed E-state index contributed by atoms with van der Waals surface area (Å²) in [6.45, 7) is 1.35. The molecule has 1 saturated heterocycles. The van der Waals surface area contributed by atoms with Crippen LogP contribution in [0.2, 0.25) is 5.02 Å². The Hall–Kier alpha value is -0.580. The molecule has 17 heavy (non-hydrogen) atoms. The van der Waals surface area contributed by atoms with Crippen molar-refractivity contribution < 1.29 is 9.53 Å². The predicted octanol–water partition coefficient (Wildman–Crippen LogP) is 3.01. The molecule has 0 bridgehead atoms. The standard InChI is InChI=1S/C12H13BrClNO2/c13-11-4-3-8(14)6-10(11)12(16)15-7-9-2-1-5-17-9/h3-4,6,9H,1-2,5,7H2,(H,15,16)/t9-/m1/s1. The minimum Gasteiger partial charge on any atom is -0.376 e. The number of carbonyl (C=O) groups excluding carboxylic acids is 1. The molecule has 1 heterocycles. The lowest BCUT2D eigenvalue weighted by atomic mass is 10.2. The highest BCUT2D eigenvalue weighted by Gasteiger charge is 2.17. The van der Waals surface area contributed by atoms with Gasteiger partial charge >= 0.3 is 0 Å². The van der Waals surface area contributed by atoms with Crippen molar-refractivity contribution in [2.24, 2.45) is 0 Å². The largest absolute Gasteiger partial charge is 0.376 e. The van der Waals surface area contributed by atoms with Crippen molar-refractivity contribution in [2.45, 2.75) is 18.9 Å². The summed E-state index contributed by atoms with van der Waals surface area (Å²) >= 11 is 9.20. The molecule has 0 saturated carbocycles. The zero-order chi connectivity index (χ0) is 12.3. The lowest BCUT2D eigenvalue weighted by Gasteiger charge is -2.11. The number of hydrogen-bond acceptors (Lipinski definition) is 2. The Bertz CT molecular complexity index is 419. The van der Waals surface area contributed by atoms with Crippen LogP contribution in [0.3, 0.4) is 0 Å². The monoisotopic (exact) mass is 317 g/mol. The fraction of sp³-hybridized carbons (Fsp3) is 0.417. The maximum Gasteiger partial charge on any atom is 0.252 e. The number of carbonyl (C=O) groups is 1. The smallest absolute Gasteiger partial charge is 0.252 e. The fourth-order valence-electron chi connectivity index (χ4n) is 1.78. The average Bonchev–Trinajstić information content (AvgIpc) is 2.82. The third-order valence-corrected chi connectivity index (χ3v) is 3.61. The first-order valence-electron chi connectivity index (χ1n) is 5.51. The highest BCUT2D eigenvalue weighted by Crippen LogP contribution is 2.21. The third kappa shape index (κ3) is 3.44. The molecule has 1 aromatic carbocycles. The second kappa shape index (κ2) is 5.85. The van der Waals surface area contributed by atoms with E-state index < -0.39 is 0 Å². The van der Waals surface area contributed by atoms with E-state index in [-0.39, 0.29) is 12.0 Å². The molecule has 3 nitrogen and oxygen atoms in total. The molecule has 2 rings (SSSR count). The lowest BCUT2D eigenvalue weighted by molar-refractivity contribution is 0.0857. The number of hydrogen-bond donors (Lipinski definition) is 1. The summed E-state index contributed by atoms with van der Waals surface area (Å²) < 4.78 is 6.18. The van der Waals surface area contributed by atoms with Crippen molar-refractivity contribution in [3.63, 3.8) is 0 Å². The van der Waals surface area contributed by atoms with Gasteiger partial charge in [0.05, 0.1) is 11.7 Å². The number of benzene rings is 1. The molecule has 1 amide bonds. The Balaban J connectivity index is 1.96. The van der Waals surface area contributed by atoms with Crippen LogP contribution in [0, 0.1) is 0 Å². The summed E-state index contributed by atoms with van der Waals surface area (Å²) in [5.41, 5.74) is 0.551. The molecule has 1 aliphatic rings. The van der Waals surface area contributed by atoms with Gasteiger partial charge in [0.25, 0.3) is 5.91 Å². The Kier molecular flexibility index (Phi) is 4.42. The summed E-state index contributed by atoms with van der Waals surface area (Å²) in [5.74, 6) is -0.130. The van der Waals surface area contributed by atoms with Gasteiger partial charge in [0.15, 0.2) is 0 Å². The number of nitrogens with one attached hydrogen (secondary N) is 1. The Morgan fingerprint density at radius 1 is 1.59 bits per heavy atom. The van der Waals surface area contributed by atoms with E-state index in [9.17, 15) is 4.79 Å². The van der Waals surface area contributed by atoms with Gasteiger partial charge in [-0.2, -0.15) is 0 Å². The highest BCUT2D eigenvalue weighted by molar-refractivity contribution is 9.10. The first-order chi connectivity index (χ1) is 8.16. The van der Waals surface area contributed by atoms with Gasteiger partial charge in [-0.3, -0.25) is 4.79 Å². The summed E-state index contributed by atoms with van der Waals surface area (Å²) in [7, 11) is 0.